The van der Waals surface area contributed by atoms with Crippen molar-refractivity contribution < 1.29 is 5.11 Å². The molecule has 0 atom stereocenters. The molecule has 0 aromatic heterocycles. The molecule has 68 valence electrons. The molecule has 0 saturated heterocycles. The molecule has 0 radical (unpaired) electrons. The minimum absolute atomic E-state index is 0.509. The number of phenols is 1. The van der Waals surface area contributed by atoms with Crippen molar-refractivity contribution in [3.05, 3.63) is 41.5 Å². The first-order valence-corrected chi connectivity index (χ1v) is 4.76. The molecule has 1 aromatic rings. The van der Waals surface area contributed by atoms with Gasteiger partial charge in [0.05, 0.1) is 0 Å². The normalized spacial score (nSPS) is 14.2. The summed E-state index contributed by atoms with van der Waals surface area (Å²) in [5.74, 6) is 0.509. The molecular formula is C12H14O. The minimum atomic E-state index is 0.509. The molecular weight excluding hydrogens is 160 g/mol. The largest absolute Gasteiger partial charge is 0.507 e. The number of phenolic OH excluding ortho intramolecular Hbond substituents is 1. The number of hydrogen-bond acceptors (Lipinski definition) is 1. The Labute approximate surface area is 78.7 Å². The van der Waals surface area contributed by atoms with Crippen LogP contribution in [0.15, 0.2) is 24.8 Å². The van der Waals surface area contributed by atoms with Gasteiger partial charge in [-0.25, -0.2) is 0 Å². The van der Waals surface area contributed by atoms with Crippen LogP contribution in [0.5, 0.6) is 5.75 Å². The zero-order valence-electron chi connectivity index (χ0n) is 7.71. The lowest BCUT2D eigenvalue weighted by molar-refractivity contribution is 0.463. The van der Waals surface area contributed by atoms with Gasteiger partial charge in [-0.3, -0.25) is 0 Å². The fourth-order valence-corrected chi connectivity index (χ4v) is 2.02. The van der Waals surface area contributed by atoms with E-state index in [4.69, 9.17) is 0 Å². The molecule has 13 heavy (non-hydrogen) atoms. The van der Waals surface area contributed by atoms with E-state index in [2.05, 4.69) is 12.6 Å². The van der Waals surface area contributed by atoms with Crippen molar-refractivity contribution in [2.45, 2.75) is 25.7 Å². The maximum Gasteiger partial charge on any atom is 0.122 e. The maximum absolute atomic E-state index is 9.89. The molecule has 2 rings (SSSR count). The van der Waals surface area contributed by atoms with E-state index in [1.807, 2.05) is 12.1 Å². The highest BCUT2D eigenvalue weighted by atomic mass is 16.3. The Morgan fingerprint density at radius 3 is 3.00 bits per heavy atom. The molecule has 0 aliphatic heterocycles. The Morgan fingerprint density at radius 2 is 2.23 bits per heavy atom. The average Bonchev–Trinajstić information content (AvgIpc) is 2.58. The Balaban J connectivity index is 2.45. The van der Waals surface area contributed by atoms with Gasteiger partial charge in [0.25, 0.3) is 0 Å². The molecule has 0 bridgehead atoms. The van der Waals surface area contributed by atoms with Crippen molar-refractivity contribution in [2.24, 2.45) is 0 Å². The van der Waals surface area contributed by atoms with Crippen molar-refractivity contribution in [3.8, 4) is 5.75 Å². The molecule has 1 heteroatoms. The third-order valence-corrected chi connectivity index (χ3v) is 2.70. The van der Waals surface area contributed by atoms with E-state index in [9.17, 15) is 5.11 Å². The number of aromatic hydroxyl groups is 1. The second kappa shape index (κ2) is 3.25. The lowest BCUT2D eigenvalue weighted by Gasteiger charge is -2.07. The van der Waals surface area contributed by atoms with Crippen LogP contribution in [0.4, 0.5) is 0 Å². The van der Waals surface area contributed by atoms with Crippen LogP contribution in [0.1, 0.15) is 23.1 Å². The summed E-state index contributed by atoms with van der Waals surface area (Å²) >= 11 is 0. The number of benzene rings is 1. The number of hydrogen-bond donors (Lipinski definition) is 1. The summed E-state index contributed by atoms with van der Waals surface area (Å²) in [4.78, 5) is 0. The van der Waals surface area contributed by atoms with Gasteiger partial charge in [0.2, 0.25) is 0 Å². The molecule has 0 unspecified atom stereocenters. The van der Waals surface area contributed by atoms with E-state index in [-0.39, 0.29) is 0 Å². The third-order valence-electron chi connectivity index (χ3n) is 2.70. The summed E-state index contributed by atoms with van der Waals surface area (Å²) in [5, 5.41) is 9.89. The molecule has 0 spiro atoms. The summed E-state index contributed by atoms with van der Waals surface area (Å²) in [7, 11) is 0. The van der Waals surface area contributed by atoms with E-state index in [0.717, 1.165) is 24.8 Å². The summed E-state index contributed by atoms with van der Waals surface area (Å²) in [6.07, 6.45) is 5.93. The van der Waals surface area contributed by atoms with Crippen LogP contribution in [-0.2, 0) is 19.3 Å². The van der Waals surface area contributed by atoms with Gasteiger partial charge >= 0.3 is 0 Å². The number of rotatable bonds is 2. The predicted octanol–water partition coefficient (Wildman–Crippen LogP) is 2.61. The Hall–Kier alpha value is -1.24. The maximum atomic E-state index is 9.89. The molecule has 0 saturated carbocycles. The fraction of sp³-hybridized carbons (Fsp3) is 0.333. The standard InChI is InChI=1S/C12H14O/c1-2-4-10-8-7-9-5-3-6-11(9)12(10)13/h2,7-8,13H,1,3-6H2. The van der Waals surface area contributed by atoms with Crippen molar-refractivity contribution in [3.63, 3.8) is 0 Å². The monoisotopic (exact) mass is 174 g/mol. The van der Waals surface area contributed by atoms with Crippen LogP contribution < -0.4 is 0 Å². The molecule has 0 fully saturated rings. The average molecular weight is 174 g/mol. The summed E-state index contributed by atoms with van der Waals surface area (Å²) in [6.45, 7) is 3.68. The van der Waals surface area contributed by atoms with E-state index < -0.39 is 0 Å². The molecule has 1 aromatic carbocycles. The Bertz CT molecular complexity index is 339. The molecule has 0 amide bonds. The van der Waals surface area contributed by atoms with Crippen LogP contribution in [0.2, 0.25) is 0 Å². The zero-order chi connectivity index (χ0) is 9.26. The van der Waals surface area contributed by atoms with Crippen LogP contribution >= 0.6 is 0 Å². The number of fused-ring (bicyclic) bond motifs is 1. The van der Waals surface area contributed by atoms with Gasteiger partial charge in [0, 0.05) is 0 Å². The van der Waals surface area contributed by atoms with Crippen LogP contribution in [0.3, 0.4) is 0 Å². The highest BCUT2D eigenvalue weighted by molar-refractivity contribution is 5.48. The number of allylic oxidation sites excluding steroid dienone is 1. The third kappa shape index (κ3) is 1.35. The summed E-state index contributed by atoms with van der Waals surface area (Å²) in [5.41, 5.74) is 3.50. The Kier molecular flexibility index (Phi) is 2.09. The topological polar surface area (TPSA) is 20.2 Å². The van der Waals surface area contributed by atoms with Gasteiger partial charge in [0.15, 0.2) is 0 Å². The van der Waals surface area contributed by atoms with E-state index in [1.165, 1.54) is 17.5 Å². The van der Waals surface area contributed by atoms with Crippen molar-refractivity contribution in [2.75, 3.05) is 0 Å². The van der Waals surface area contributed by atoms with Crippen LogP contribution in [-0.4, -0.2) is 5.11 Å². The summed E-state index contributed by atoms with van der Waals surface area (Å²) in [6, 6.07) is 4.15. The van der Waals surface area contributed by atoms with Crippen molar-refractivity contribution >= 4 is 0 Å². The van der Waals surface area contributed by atoms with E-state index in [0.29, 0.717) is 5.75 Å². The molecule has 1 aliphatic rings. The van der Waals surface area contributed by atoms with Gasteiger partial charge in [-0.2, -0.15) is 0 Å². The second-order valence-corrected chi connectivity index (χ2v) is 3.56. The smallest absolute Gasteiger partial charge is 0.122 e. The molecule has 1 aliphatic carbocycles. The van der Waals surface area contributed by atoms with E-state index in [1.54, 1.807) is 0 Å². The molecule has 1 N–H and O–H groups in total. The lowest BCUT2D eigenvalue weighted by atomic mass is 10.0. The fourth-order valence-electron chi connectivity index (χ4n) is 2.02. The quantitative estimate of drug-likeness (QED) is 0.683. The van der Waals surface area contributed by atoms with Crippen molar-refractivity contribution in [1.82, 2.24) is 0 Å². The first kappa shape index (κ1) is 8.36. The Morgan fingerprint density at radius 1 is 1.38 bits per heavy atom. The first-order chi connectivity index (χ1) is 6.33. The molecule has 1 nitrogen and oxygen atoms in total. The van der Waals surface area contributed by atoms with Gasteiger partial charge in [-0.05, 0) is 42.4 Å². The van der Waals surface area contributed by atoms with Gasteiger partial charge in [0.1, 0.15) is 5.75 Å². The first-order valence-electron chi connectivity index (χ1n) is 4.76. The van der Waals surface area contributed by atoms with Gasteiger partial charge in [-0.15, -0.1) is 6.58 Å². The predicted molar refractivity (Wildman–Crippen MR) is 54.0 cm³/mol. The van der Waals surface area contributed by atoms with Gasteiger partial charge < -0.3 is 5.11 Å². The minimum Gasteiger partial charge on any atom is -0.507 e. The highest BCUT2D eigenvalue weighted by Gasteiger charge is 2.16. The SMILES string of the molecule is C=CCc1ccc2c(c1O)CCC2. The van der Waals surface area contributed by atoms with Crippen LogP contribution in [0.25, 0.3) is 0 Å². The molecule has 0 heterocycles. The van der Waals surface area contributed by atoms with Crippen LogP contribution in [0, 0.1) is 0 Å². The van der Waals surface area contributed by atoms with E-state index >= 15 is 0 Å². The zero-order valence-corrected chi connectivity index (χ0v) is 7.71. The van der Waals surface area contributed by atoms with Crippen molar-refractivity contribution in [1.29, 1.82) is 0 Å². The second-order valence-electron chi connectivity index (χ2n) is 3.56. The lowest BCUT2D eigenvalue weighted by Crippen LogP contribution is -1.89. The summed E-state index contributed by atoms with van der Waals surface area (Å²) < 4.78 is 0. The highest BCUT2D eigenvalue weighted by Crippen LogP contribution is 2.32. The number of aryl methyl sites for hydroxylation is 1. The van der Waals surface area contributed by atoms with Gasteiger partial charge in [-0.1, -0.05) is 18.2 Å².